The largest absolute Gasteiger partial charge is 0.390 e. The summed E-state index contributed by atoms with van der Waals surface area (Å²) in [5, 5.41) is 22.2. The summed E-state index contributed by atoms with van der Waals surface area (Å²) >= 11 is 0. The molecule has 1 unspecified atom stereocenters. The van der Waals surface area contributed by atoms with Crippen LogP contribution in [0.1, 0.15) is 19.4 Å². The summed E-state index contributed by atoms with van der Waals surface area (Å²) in [6.07, 6.45) is -0.799. The van der Waals surface area contributed by atoms with E-state index in [9.17, 15) is 20.0 Å². The van der Waals surface area contributed by atoms with Crippen LogP contribution in [0.25, 0.3) is 0 Å². The van der Waals surface area contributed by atoms with Crippen molar-refractivity contribution < 1.29 is 14.7 Å². The van der Waals surface area contributed by atoms with Crippen LogP contribution in [0.3, 0.4) is 0 Å². The summed E-state index contributed by atoms with van der Waals surface area (Å²) in [5.41, 5.74) is 0.672. The van der Waals surface area contributed by atoms with Crippen molar-refractivity contribution >= 4 is 17.6 Å². The van der Waals surface area contributed by atoms with Gasteiger partial charge >= 0.3 is 6.03 Å². The van der Waals surface area contributed by atoms with E-state index in [2.05, 4.69) is 21.2 Å². The molecule has 1 aromatic rings. The number of urea groups is 1. The van der Waals surface area contributed by atoms with E-state index in [1.54, 1.807) is 13.8 Å². The highest BCUT2D eigenvalue weighted by atomic mass is 16.3. The fourth-order valence-corrected chi connectivity index (χ4v) is 3.57. The molecule has 0 bridgehead atoms. The number of rotatable bonds is 5. The molecule has 0 aliphatic carbocycles. The summed E-state index contributed by atoms with van der Waals surface area (Å²) in [4.78, 5) is 29.5. The summed E-state index contributed by atoms with van der Waals surface area (Å²) in [7, 11) is 0. The van der Waals surface area contributed by atoms with Crippen molar-refractivity contribution in [3.05, 3.63) is 29.8 Å². The fourth-order valence-electron chi connectivity index (χ4n) is 3.57. The average Bonchev–Trinajstić information content (AvgIpc) is 2.84. The Bertz CT molecular complexity index is 765. The van der Waals surface area contributed by atoms with Crippen LogP contribution in [0.15, 0.2) is 24.3 Å². The van der Waals surface area contributed by atoms with Gasteiger partial charge in [-0.1, -0.05) is 12.1 Å². The Labute approximate surface area is 159 Å². The first-order chi connectivity index (χ1) is 12.8. The Balaban J connectivity index is 1.51. The number of para-hydroxylation sites is 1. The van der Waals surface area contributed by atoms with Crippen LogP contribution in [0.2, 0.25) is 0 Å². The molecule has 8 heteroatoms. The lowest BCUT2D eigenvalue weighted by atomic mass is 10.1. The fraction of sp³-hybridized carbons (Fsp3) is 0.526. The van der Waals surface area contributed by atoms with E-state index in [-0.39, 0.29) is 12.5 Å². The number of aliphatic hydroxyl groups excluding tert-OH is 1. The number of aliphatic hydroxyl groups is 1. The molecule has 2 aliphatic heterocycles. The highest BCUT2D eigenvalue weighted by Crippen LogP contribution is 2.21. The van der Waals surface area contributed by atoms with Crippen LogP contribution in [0.4, 0.5) is 10.5 Å². The van der Waals surface area contributed by atoms with Crippen molar-refractivity contribution in [3.8, 4) is 6.07 Å². The number of amides is 3. The van der Waals surface area contributed by atoms with Gasteiger partial charge < -0.3 is 15.3 Å². The van der Waals surface area contributed by atoms with Gasteiger partial charge in [0, 0.05) is 32.7 Å². The molecular formula is C19H25N5O3. The first-order valence-electron chi connectivity index (χ1n) is 9.10. The molecule has 2 fully saturated rings. The summed E-state index contributed by atoms with van der Waals surface area (Å²) < 4.78 is 0. The minimum absolute atomic E-state index is 0.00836. The van der Waals surface area contributed by atoms with Crippen molar-refractivity contribution in [1.29, 1.82) is 5.26 Å². The molecule has 0 radical (unpaired) electrons. The zero-order valence-corrected chi connectivity index (χ0v) is 15.7. The topological polar surface area (TPSA) is 99.9 Å². The molecule has 1 aromatic carbocycles. The zero-order chi connectivity index (χ0) is 19.6. The first-order valence-corrected chi connectivity index (χ1v) is 9.10. The second-order valence-electron chi connectivity index (χ2n) is 7.54. The van der Waals surface area contributed by atoms with Crippen LogP contribution in [0, 0.1) is 11.3 Å². The molecule has 3 amide bonds. The number of benzene rings is 1. The highest BCUT2D eigenvalue weighted by molar-refractivity contribution is 6.06. The summed E-state index contributed by atoms with van der Waals surface area (Å²) in [6, 6.07) is 9.30. The number of carbonyl (C=O) groups excluding carboxylic acids is 2. The Hall–Kier alpha value is -2.63. The molecule has 1 atom stereocenters. The number of β-amino-alcohol motifs (C(OH)–C–C–N with tert-alkyl or cyclic N) is 1. The SMILES string of the molecule is CC1(C)NC(=O)N(CC(O)CN2CCN(c3ccccc3C#N)CC2)C1=O. The maximum Gasteiger partial charge on any atom is 0.325 e. The van der Waals surface area contributed by atoms with Crippen LogP contribution in [0.5, 0.6) is 0 Å². The van der Waals surface area contributed by atoms with Gasteiger partial charge in [-0.15, -0.1) is 0 Å². The molecule has 144 valence electrons. The van der Waals surface area contributed by atoms with Crippen molar-refractivity contribution in [3.63, 3.8) is 0 Å². The van der Waals surface area contributed by atoms with E-state index >= 15 is 0 Å². The number of nitrogens with one attached hydrogen (secondary N) is 1. The molecule has 2 saturated heterocycles. The van der Waals surface area contributed by atoms with Gasteiger partial charge in [0.25, 0.3) is 5.91 Å². The van der Waals surface area contributed by atoms with Gasteiger partial charge in [0.15, 0.2) is 0 Å². The molecule has 0 spiro atoms. The number of nitrogens with zero attached hydrogens (tertiary/aromatic N) is 4. The van der Waals surface area contributed by atoms with Crippen molar-refractivity contribution in [2.45, 2.75) is 25.5 Å². The van der Waals surface area contributed by atoms with E-state index < -0.39 is 17.7 Å². The van der Waals surface area contributed by atoms with Gasteiger partial charge in [-0.25, -0.2) is 4.79 Å². The van der Waals surface area contributed by atoms with Crippen LogP contribution in [-0.4, -0.2) is 77.8 Å². The lowest BCUT2D eigenvalue weighted by Crippen LogP contribution is -2.51. The quantitative estimate of drug-likeness (QED) is 0.726. The van der Waals surface area contributed by atoms with Crippen molar-refractivity contribution in [2.75, 3.05) is 44.2 Å². The molecule has 2 aliphatic rings. The average molecular weight is 371 g/mol. The Morgan fingerprint density at radius 1 is 1.19 bits per heavy atom. The van der Waals surface area contributed by atoms with Crippen molar-refractivity contribution in [1.82, 2.24) is 15.1 Å². The number of hydrogen-bond acceptors (Lipinski definition) is 6. The number of piperazine rings is 1. The van der Waals surface area contributed by atoms with Gasteiger partial charge in [-0.3, -0.25) is 14.6 Å². The van der Waals surface area contributed by atoms with Gasteiger partial charge in [-0.2, -0.15) is 5.26 Å². The minimum Gasteiger partial charge on any atom is -0.390 e. The predicted octanol–water partition coefficient (Wildman–Crippen LogP) is 0.372. The summed E-state index contributed by atoms with van der Waals surface area (Å²) in [5.74, 6) is -0.315. The Morgan fingerprint density at radius 2 is 1.85 bits per heavy atom. The number of carbonyl (C=O) groups is 2. The number of imide groups is 1. The van der Waals surface area contributed by atoms with Gasteiger partial charge in [0.1, 0.15) is 11.6 Å². The molecule has 0 aromatic heterocycles. The number of hydrogen-bond donors (Lipinski definition) is 2. The van der Waals surface area contributed by atoms with Crippen LogP contribution in [-0.2, 0) is 4.79 Å². The lowest BCUT2D eigenvalue weighted by molar-refractivity contribution is -0.131. The molecule has 2 heterocycles. The summed E-state index contributed by atoms with van der Waals surface area (Å²) in [6.45, 7) is 6.67. The predicted molar refractivity (Wildman–Crippen MR) is 100 cm³/mol. The smallest absolute Gasteiger partial charge is 0.325 e. The van der Waals surface area contributed by atoms with Crippen LogP contribution < -0.4 is 10.2 Å². The van der Waals surface area contributed by atoms with E-state index in [4.69, 9.17) is 0 Å². The normalized spacial score (nSPS) is 21.1. The lowest BCUT2D eigenvalue weighted by Gasteiger charge is -2.37. The molecular weight excluding hydrogens is 346 g/mol. The minimum atomic E-state index is -0.920. The zero-order valence-electron chi connectivity index (χ0n) is 15.7. The van der Waals surface area contributed by atoms with Crippen molar-refractivity contribution in [2.24, 2.45) is 0 Å². The molecule has 27 heavy (non-hydrogen) atoms. The van der Waals surface area contributed by atoms with Crippen LogP contribution >= 0.6 is 0 Å². The second kappa shape index (κ2) is 7.55. The van der Waals surface area contributed by atoms with Gasteiger partial charge in [-0.05, 0) is 26.0 Å². The molecule has 8 nitrogen and oxygen atoms in total. The first kappa shape index (κ1) is 19.1. The third-order valence-electron chi connectivity index (χ3n) is 5.04. The maximum atomic E-state index is 12.2. The van der Waals surface area contributed by atoms with E-state index in [1.807, 2.05) is 24.3 Å². The molecule has 0 saturated carbocycles. The molecule has 3 rings (SSSR count). The van der Waals surface area contributed by atoms with E-state index in [0.717, 1.165) is 36.8 Å². The second-order valence-corrected chi connectivity index (χ2v) is 7.54. The standard InChI is InChI=1S/C19H25N5O3/c1-19(2)17(26)24(18(27)21-19)13-15(25)12-22-7-9-23(10-8-22)16-6-4-3-5-14(16)11-20/h3-6,15,25H,7-10,12-13H2,1-2H3,(H,21,27). The van der Waals surface area contributed by atoms with E-state index in [0.29, 0.717) is 12.1 Å². The highest BCUT2D eigenvalue weighted by Gasteiger charge is 2.44. The Morgan fingerprint density at radius 3 is 2.44 bits per heavy atom. The number of anilines is 1. The molecule has 2 N–H and O–H groups in total. The number of nitriles is 1. The van der Waals surface area contributed by atoms with Gasteiger partial charge in [0.05, 0.1) is 23.9 Å². The monoisotopic (exact) mass is 371 g/mol. The third kappa shape index (κ3) is 4.04. The Kier molecular flexibility index (Phi) is 5.35. The third-order valence-corrected chi connectivity index (χ3v) is 5.04. The van der Waals surface area contributed by atoms with Gasteiger partial charge in [0.2, 0.25) is 0 Å². The van der Waals surface area contributed by atoms with E-state index in [1.165, 1.54) is 0 Å². The maximum absolute atomic E-state index is 12.2.